The van der Waals surface area contributed by atoms with E-state index in [1.54, 1.807) is 36.4 Å². The average molecular weight is 297 g/mol. The van der Waals surface area contributed by atoms with Gasteiger partial charge in [-0.05, 0) is 19.1 Å². The number of Topliss-reactive ketones (excluding diaryl/α,β-unsaturated/α-hetero) is 1. The van der Waals surface area contributed by atoms with Crippen molar-refractivity contribution in [3.05, 3.63) is 65.2 Å². The minimum absolute atomic E-state index is 0.0152. The third-order valence-corrected chi connectivity index (χ3v) is 3.13. The molecule has 112 valence electrons. The summed E-state index contributed by atoms with van der Waals surface area (Å²) in [5.74, 6) is -2.00. The Kier molecular flexibility index (Phi) is 4.68. The Hall–Kier alpha value is -2.95. The highest BCUT2D eigenvalue weighted by molar-refractivity contribution is 6.12. The lowest BCUT2D eigenvalue weighted by Gasteiger charge is -2.08. The number of ketones is 1. The predicted octanol–water partition coefficient (Wildman–Crippen LogP) is 2.90. The molecule has 0 saturated carbocycles. The molecule has 0 fully saturated rings. The summed E-state index contributed by atoms with van der Waals surface area (Å²) in [4.78, 5) is 35.0. The molecule has 0 bridgehead atoms. The number of carboxylic acid groups (broad SMARTS) is 1. The first-order valence-corrected chi connectivity index (χ1v) is 6.69. The summed E-state index contributed by atoms with van der Waals surface area (Å²) in [7, 11) is 0. The molecule has 0 spiro atoms. The van der Waals surface area contributed by atoms with Crippen molar-refractivity contribution in [3.63, 3.8) is 0 Å². The first-order valence-electron chi connectivity index (χ1n) is 6.69. The van der Waals surface area contributed by atoms with Crippen LogP contribution in [0.1, 0.15) is 32.7 Å². The van der Waals surface area contributed by atoms with Crippen LogP contribution >= 0.6 is 0 Å². The summed E-state index contributed by atoms with van der Waals surface area (Å²) in [6.07, 6.45) is -0.336. The van der Waals surface area contributed by atoms with E-state index in [0.717, 1.165) is 5.56 Å². The van der Waals surface area contributed by atoms with Crippen LogP contribution in [0.4, 0.5) is 5.69 Å². The second kappa shape index (κ2) is 6.67. The van der Waals surface area contributed by atoms with Crippen molar-refractivity contribution >= 4 is 23.3 Å². The molecule has 0 saturated heterocycles. The lowest BCUT2D eigenvalue weighted by molar-refractivity contribution is -0.115. The highest BCUT2D eigenvalue weighted by Gasteiger charge is 2.15. The van der Waals surface area contributed by atoms with Crippen LogP contribution in [0.3, 0.4) is 0 Å². The molecule has 0 aliphatic carbocycles. The summed E-state index contributed by atoms with van der Waals surface area (Å²) in [6.45, 7) is 1.91. The number of rotatable bonds is 5. The van der Waals surface area contributed by atoms with Crippen molar-refractivity contribution in [2.45, 2.75) is 13.3 Å². The van der Waals surface area contributed by atoms with E-state index < -0.39 is 11.9 Å². The van der Waals surface area contributed by atoms with Crippen LogP contribution in [0.5, 0.6) is 0 Å². The molecule has 5 heteroatoms. The molecule has 0 heterocycles. The number of carbonyl (C=O) groups is 3. The number of benzene rings is 2. The minimum Gasteiger partial charge on any atom is -0.478 e. The Balaban J connectivity index is 2.06. The topological polar surface area (TPSA) is 83.5 Å². The predicted molar refractivity (Wildman–Crippen MR) is 82.2 cm³/mol. The summed E-state index contributed by atoms with van der Waals surface area (Å²) in [6, 6.07) is 13.0. The van der Waals surface area contributed by atoms with Gasteiger partial charge in [0.05, 0.1) is 17.7 Å². The van der Waals surface area contributed by atoms with E-state index >= 15 is 0 Å². The van der Waals surface area contributed by atoms with Gasteiger partial charge >= 0.3 is 5.97 Å². The molecule has 5 nitrogen and oxygen atoms in total. The Bertz CT molecular complexity index is 720. The zero-order chi connectivity index (χ0) is 16.1. The van der Waals surface area contributed by atoms with E-state index in [4.69, 9.17) is 5.11 Å². The molecule has 0 aliphatic heterocycles. The van der Waals surface area contributed by atoms with Crippen LogP contribution in [0.15, 0.2) is 48.5 Å². The van der Waals surface area contributed by atoms with Gasteiger partial charge in [-0.1, -0.05) is 42.0 Å². The van der Waals surface area contributed by atoms with Gasteiger partial charge in [-0.3, -0.25) is 9.59 Å². The zero-order valence-corrected chi connectivity index (χ0v) is 12.0. The van der Waals surface area contributed by atoms with Gasteiger partial charge in [0.2, 0.25) is 5.91 Å². The molecule has 2 rings (SSSR count). The zero-order valence-electron chi connectivity index (χ0n) is 12.0. The number of para-hydroxylation sites is 1. The van der Waals surface area contributed by atoms with Gasteiger partial charge in [-0.15, -0.1) is 0 Å². The van der Waals surface area contributed by atoms with Crippen molar-refractivity contribution in [3.8, 4) is 0 Å². The van der Waals surface area contributed by atoms with Crippen LogP contribution in [-0.4, -0.2) is 22.8 Å². The molecule has 2 aromatic rings. The number of nitrogens with one attached hydrogen (secondary N) is 1. The fraction of sp³-hybridized carbons (Fsp3) is 0.118. The average Bonchev–Trinajstić information content (AvgIpc) is 2.48. The molecule has 0 unspecified atom stereocenters. The van der Waals surface area contributed by atoms with E-state index in [9.17, 15) is 14.4 Å². The van der Waals surface area contributed by atoms with Crippen LogP contribution in [0.25, 0.3) is 0 Å². The molecular formula is C17H15NO4. The molecule has 0 atom stereocenters. The highest BCUT2D eigenvalue weighted by Crippen LogP contribution is 2.15. The lowest BCUT2D eigenvalue weighted by Crippen LogP contribution is -2.18. The molecule has 1 amide bonds. The number of aromatic carboxylic acids is 1. The molecule has 0 radical (unpaired) electrons. The lowest BCUT2D eigenvalue weighted by atomic mass is 10.1. The third-order valence-electron chi connectivity index (χ3n) is 3.13. The Morgan fingerprint density at radius 3 is 2.27 bits per heavy atom. The smallest absolute Gasteiger partial charge is 0.337 e. The Morgan fingerprint density at radius 1 is 1.00 bits per heavy atom. The monoisotopic (exact) mass is 297 g/mol. The third kappa shape index (κ3) is 3.79. The van der Waals surface area contributed by atoms with Crippen molar-refractivity contribution in [1.82, 2.24) is 0 Å². The van der Waals surface area contributed by atoms with Gasteiger partial charge in [-0.25, -0.2) is 4.79 Å². The van der Waals surface area contributed by atoms with Crippen molar-refractivity contribution in [2.75, 3.05) is 5.32 Å². The maximum atomic E-state index is 12.0. The molecule has 2 aromatic carbocycles. The van der Waals surface area contributed by atoms with Crippen molar-refractivity contribution < 1.29 is 19.5 Å². The number of carbonyl (C=O) groups excluding carboxylic acids is 2. The van der Waals surface area contributed by atoms with E-state index in [1.807, 2.05) is 6.92 Å². The van der Waals surface area contributed by atoms with E-state index in [-0.39, 0.29) is 23.5 Å². The number of amides is 1. The van der Waals surface area contributed by atoms with Gasteiger partial charge in [0.25, 0.3) is 0 Å². The first-order chi connectivity index (χ1) is 10.5. The summed E-state index contributed by atoms with van der Waals surface area (Å²) >= 11 is 0. The standard InChI is InChI=1S/C17H15NO4/c1-11-6-8-12(9-7-11)15(19)10-16(20)18-14-5-3-2-4-13(14)17(21)22/h2-9H,10H2,1H3,(H,18,20)(H,21,22). The van der Waals surface area contributed by atoms with Crippen LogP contribution in [-0.2, 0) is 4.79 Å². The number of aryl methyl sites for hydroxylation is 1. The largest absolute Gasteiger partial charge is 0.478 e. The molecular weight excluding hydrogens is 282 g/mol. The number of anilines is 1. The SMILES string of the molecule is Cc1ccc(C(=O)CC(=O)Nc2ccccc2C(=O)O)cc1. The first kappa shape index (κ1) is 15.4. The maximum absolute atomic E-state index is 12.0. The van der Waals surface area contributed by atoms with E-state index in [2.05, 4.69) is 5.32 Å². The summed E-state index contributed by atoms with van der Waals surface area (Å²) < 4.78 is 0. The second-order valence-corrected chi connectivity index (χ2v) is 4.86. The minimum atomic E-state index is -1.14. The van der Waals surface area contributed by atoms with Gasteiger partial charge < -0.3 is 10.4 Å². The number of carboxylic acids is 1. The highest BCUT2D eigenvalue weighted by atomic mass is 16.4. The van der Waals surface area contributed by atoms with Gasteiger partial charge in [0.1, 0.15) is 0 Å². The van der Waals surface area contributed by atoms with Gasteiger partial charge in [0.15, 0.2) is 5.78 Å². The molecule has 0 aliphatic rings. The van der Waals surface area contributed by atoms with Crippen LogP contribution in [0.2, 0.25) is 0 Å². The maximum Gasteiger partial charge on any atom is 0.337 e. The number of hydrogen-bond donors (Lipinski definition) is 2. The summed E-state index contributed by atoms with van der Waals surface area (Å²) in [5, 5.41) is 11.5. The number of hydrogen-bond acceptors (Lipinski definition) is 3. The quantitative estimate of drug-likeness (QED) is 0.656. The van der Waals surface area contributed by atoms with E-state index in [0.29, 0.717) is 5.56 Å². The van der Waals surface area contributed by atoms with Crippen molar-refractivity contribution in [2.24, 2.45) is 0 Å². The van der Waals surface area contributed by atoms with Crippen LogP contribution < -0.4 is 5.32 Å². The molecule has 22 heavy (non-hydrogen) atoms. The van der Waals surface area contributed by atoms with E-state index in [1.165, 1.54) is 12.1 Å². The summed E-state index contributed by atoms with van der Waals surface area (Å²) in [5.41, 5.74) is 1.64. The van der Waals surface area contributed by atoms with Gasteiger partial charge in [-0.2, -0.15) is 0 Å². The van der Waals surface area contributed by atoms with Gasteiger partial charge in [0, 0.05) is 5.56 Å². The second-order valence-electron chi connectivity index (χ2n) is 4.86. The molecule has 2 N–H and O–H groups in total. The van der Waals surface area contributed by atoms with Crippen molar-refractivity contribution in [1.29, 1.82) is 0 Å². The molecule has 0 aromatic heterocycles. The Morgan fingerprint density at radius 2 is 1.64 bits per heavy atom. The fourth-order valence-corrected chi connectivity index (χ4v) is 1.96. The normalized spacial score (nSPS) is 10.0. The Labute approximate surface area is 127 Å². The van der Waals surface area contributed by atoms with Crippen LogP contribution in [0, 0.1) is 6.92 Å². The fourth-order valence-electron chi connectivity index (χ4n) is 1.96.